The van der Waals surface area contributed by atoms with Crippen LogP contribution in [0, 0.1) is 0 Å². The molecule has 1 saturated heterocycles. The van der Waals surface area contributed by atoms with Crippen LogP contribution in [0.5, 0.6) is 0 Å². The van der Waals surface area contributed by atoms with E-state index in [4.69, 9.17) is 5.11 Å². The van der Waals surface area contributed by atoms with E-state index in [9.17, 15) is 4.79 Å². The van der Waals surface area contributed by atoms with E-state index in [1.54, 1.807) is 6.20 Å². The molecule has 0 spiro atoms. The standard InChI is InChI=1S/C16H23N5O2/c1-10(2)13-7-14(19-18-13)11-3-5-21(6-4-11)9-12-8-17-20-15(12)16(22)23/h7-8,10-11H,3-6,9H2,1-2H3,(H,17,20)(H,18,19)(H,22,23). The molecule has 0 bridgehead atoms. The molecule has 3 rings (SSSR count). The lowest BCUT2D eigenvalue weighted by Crippen LogP contribution is -2.32. The maximum absolute atomic E-state index is 11.1. The summed E-state index contributed by atoms with van der Waals surface area (Å²) in [6.07, 6.45) is 3.72. The highest BCUT2D eigenvalue weighted by atomic mass is 16.4. The maximum Gasteiger partial charge on any atom is 0.354 e. The number of hydrogen-bond acceptors (Lipinski definition) is 4. The van der Waals surface area contributed by atoms with Crippen LogP contribution in [-0.4, -0.2) is 49.5 Å². The van der Waals surface area contributed by atoms with Crippen molar-refractivity contribution < 1.29 is 9.90 Å². The summed E-state index contributed by atoms with van der Waals surface area (Å²) in [4.78, 5) is 13.4. The van der Waals surface area contributed by atoms with Crippen LogP contribution >= 0.6 is 0 Å². The fourth-order valence-electron chi connectivity index (χ4n) is 3.12. The Morgan fingerprint density at radius 1 is 1.39 bits per heavy atom. The lowest BCUT2D eigenvalue weighted by Gasteiger charge is -2.31. The number of aromatic nitrogens is 4. The van der Waals surface area contributed by atoms with E-state index in [2.05, 4.69) is 45.2 Å². The second-order valence-corrected chi connectivity index (χ2v) is 6.53. The summed E-state index contributed by atoms with van der Waals surface area (Å²) < 4.78 is 0. The van der Waals surface area contributed by atoms with Gasteiger partial charge in [-0.15, -0.1) is 0 Å². The minimum atomic E-state index is -0.953. The van der Waals surface area contributed by atoms with Crippen LogP contribution in [0.25, 0.3) is 0 Å². The molecule has 0 atom stereocenters. The number of rotatable bonds is 5. The third kappa shape index (κ3) is 3.44. The van der Waals surface area contributed by atoms with Gasteiger partial charge in [0, 0.05) is 23.7 Å². The number of likely N-dealkylation sites (tertiary alicyclic amines) is 1. The van der Waals surface area contributed by atoms with Gasteiger partial charge in [0.1, 0.15) is 5.69 Å². The average Bonchev–Trinajstić information content (AvgIpc) is 3.17. The normalized spacial score (nSPS) is 17.0. The smallest absolute Gasteiger partial charge is 0.354 e. The second kappa shape index (κ2) is 6.54. The molecule has 23 heavy (non-hydrogen) atoms. The van der Waals surface area contributed by atoms with Gasteiger partial charge < -0.3 is 5.11 Å². The van der Waals surface area contributed by atoms with Crippen LogP contribution in [-0.2, 0) is 6.54 Å². The van der Waals surface area contributed by atoms with Crippen molar-refractivity contribution in [3.05, 3.63) is 34.9 Å². The van der Waals surface area contributed by atoms with Crippen LogP contribution in [0.2, 0.25) is 0 Å². The Morgan fingerprint density at radius 2 is 2.13 bits per heavy atom. The minimum absolute atomic E-state index is 0.197. The number of nitrogens with zero attached hydrogens (tertiary/aromatic N) is 3. The van der Waals surface area contributed by atoms with Gasteiger partial charge in [-0.1, -0.05) is 13.8 Å². The molecule has 1 fully saturated rings. The Balaban J connectivity index is 1.57. The third-order valence-electron chi connectivity index (χ3n) is 4.56. The Hall–Kier alpha value is -2.15. The third-order valence-corrected chi connectivity index (χ3v) is 4.56. The fourth-order valence-corrected chi connectivity index (χ4v) is 3.12. The molecular formula is C16H23N5O2. The van der Waals surface area contributed by atoms with E-state index in [0.29, 0.717) is 18.4 Å². The summed E-state index contributed by atoms with van der Waals surface area (Å²) >= 11 is 0. The Kier molecular flexibility index (Phi) is 4.47. The van der Waals surface area contributed by atoms with Crippen molar-refractivity contribution in [3.63, 3.8) is 0 Å². The van der Waals surface area contributed by atoms with E-state index < -0.39 is 5.97 Å². The van der Waals surface area contributed by atoms with Crippen LogP contribution in [0.3, 0.4) is 0 Å². The van der Waals surface area contributed by atoms with Crippen molar-refractivity contribution in [2.45, 2.75) is 45.1 Å². The van der Waals surface area contributed by atoms with Gasteiger partial charge in [0.2, 0.25) is 0 Å². The van der Waals surface area contributed by atoms with Crippen LogP contribution < -0.4 is 0 Å². The van der Waals surface area contributed by atoms with E-state index in [1.165, 1.54) is 5.69 Å². The van der Waals surface area contributed by atoms with Crippen molar-refractivity contribution in [3.8, 4) is 0 Å². The summed E-state index contributed by atoms with van der Waals surface area (Å²) in [6.45, 7) is 6.82. The Morgan fingerprint density at radius 3 is 2.74 bits per heavy atom. The first-order valence-electron chi connectivity index (χ1n) is 8.07. The van der Waals surface area contributed by atoms with E-state index in [0.717, 1.165) is 37.2 Å². The van der Waals surface area contributed by atoms with Crippen molar-refractivity contribution in [2.24, 2.45) is 0 Å². The molecule has 0 aliphatic carbocycles. The zero-order chi connectivity index (χ0) is 16.4. The summed E-state index contributed by atoms with van der Waals surface area (Å²) in [5.41, 5.74) is 3.29. The number of nitrogens with one attached hydrogen (secondary N) is 2. The highest BCUT2D eigenvalue weighted by Gasteiger charge is 2.24. The monoisotopic (exact) mass is 317 g/mol. The summed E-state index contributed by atoms with van der Waals surface area (Å²) in [6, 6.07) is 2.18. The van der Waals surface area contributed by atoms with Crippen molar-refractivity contribution >= 4 is 5.97 Å². The number of aromatic amines is 2. The summed E-state index contributed by atoms with van der Waals surface area (Å²) in [5.74, 6) is -0.00350. The number of H-pyrrole nitrogens is 2. The minimum Gasteiger partial charge on any atom is -0.477 e. The Labute approximate surface area is 135 Å². The fraction of sp³-hybridized carbons (Fsp3) is 0.562. The molecule has 3 N–H and O–H groups in total. The molecule has 124 valence electrons. The number of carboxylic acid groups (broad SMARTS) is 1. The number of aromatic carboxylic acids is 1. The molecule has 3 heterocycles. The van der Waals surface area contributed by atoms with Gasteiger partial charge in [0.05, 0.1) is 11.9 Å². The molecule has 0 amide bonds. The summed E-state index contributed by atoms with van der Waals surface area (Å²) in [5, 5.41) is 23.1. The van der Waals surface area contributed by atoms with Crippen LogP contribution in [0.1, 0.15) is 66.0 Å². The molecule has 2 aromatic heterocycles. The lowest BCUT2D eigenvalue weighted by molar-refractivity contribution is 0.0687. The average molecular weight is 317 g/mol. The zero-order valence-electron chi connectivity index (χ0n) is 13.5. The molecule has 1 aliphatic rings. The van der Waals surface area contributed by atoms with Gasteiger partial charge in [-0.25, -0.2) is 4.79 Å². The van der Waals surface area contributed by atoms with E-state index >= 15 is 0 Å². The van der Waals surface area contributed by atoms with Crippen molar-refractivity contribution in [2.75, 3.05) is 13.1 Å². The van der Waals surface area contributed by atoms with Crippen molar-refractivity contribution in [1.82, 2.24) is 25.3 Å². The van der Waals surface area contributed by atoms with E-state index in [1.807, 2.05) is 0 Å². The van der Waals surface area contributed by atoms with Gasteiger partial charge >= 0.3 is 5.97 Å². The molecule has 0 aromatic carbocycles. The first-order valence-corrected chi connectivity index (χ1v) is 8.07. The van der Waals surface area contributed by atoms with Crippen LogP contribution in [0.15, 0.2) is 12.3 Å². The molecular weight excluding hydrogens is 294 g/mol. The van der Waals surface area contributed by atoms with Crippen molar-refractivity contribution in [1.29, 1.82) is 0 Å². The number of hydrogen-bond donors (Lipinski definition) is 3. The maximum atomic E-state index is 11.1. The largest absolute Gasteiger partial charge is 0.477 e. The summed E-state index contributed by atoms with van der Waals surface area (Å²) in [7, 11) is 0. The lowest BCUT2D eigenvalue weighted by atomic mass is 9.92. The quantitative estimate of drug-likeness (QED) is 0.786. The first kappa shape index (κ1) is 15.7. The predicted octanol–water partition coefficient (Wildman–Crippen LogP) is 2.33. The topological polar surface area (TPSA) is 97.9 Å². The molecule has 2 aromatic rings. The molecule has 1 aliphatic heterocycles. The van der Waals surface area contributed by atoms with Gasteiger partial charge in [-0.05, 0) is 37.9 Å². The van der Waals surface area contributed by atoms with E-state index in [-0.39, 0.29) is 5.69 Å². The molecule has 0 unspecified atom stereocenters. The molecule has 7 nitrogen and oxygen atoms in total. The van der Waals surface area contributed by atoms with Gasteiger partial charge in [0.15, 0.2) is 0 Å². The highest BCUT2D eigenvalue weighted by molar-refractivity contribution is 5.86. The number of piperidine rings is 1. The van der Waals surface area contributed by atoms with Gasteiger partial charge in [0.25, 0.3) is 0 Å². The molecule has 7 heteroatoms. The molecule has 0 saturated carbocycles. The second-order valence-electron chi connectivity index (χ2n) is 6.53. The Bertz CT molecular complexity index is 668. The van der Waals surface area contributed by atoms with Crippen LogP contribution in [0.4, 0.5) is 0 Å². The zero-order valence-corrected chi connectivity index (χ0v) is 13.5. The van der Waals surface area contributed by atoms with Gasteiger partial charge in [-0.3, -0.25) is 15.1 Å². The number of carboxylic acids is 1. The highest BCUT2D eigenvalue weighted by Crippen LogP contribution is 2.29. The molecule has 0 radical (unpaired) electrons. The SMILES string of the molecule is CC(C)c1cc(C2CCN(Cc3cn[nH]c3C(=O)O)CC2)[nH]n1. The number of carbonyl (C=O) groups is 1. The predicted molar refractivity (Wildman–Crippen MR) is 85.5 cm³/mol. The van der Waals surface area contributed by atoms with Gasteiger partial charge in [-0.2, -0.15) is 10.2 Å². The first-order chi connectivity index (χ1) is 11.0.